The van der Waals surface area contributed by atoms with Crippen molar-refractivity contribution in [3.63, 3.8) is 0 Å². The average molecular weight is 619 g/mol. The van der Waals surface area contributed by atoms with Crippen molar-refractivity contribution in [3.05, 3.63) is 82.0 Å². The minimum atomic E-state index is -1.19. The molecule has 1 atom stereocenters. The van der Waals surface area contributed by atoms with Crippen LogP contribution in [0.1, 0.15) is 47.8 Å². The number of rotatable bonds is 9. The van der Waals surface area contributed by atoms with E-state index in [1.165, 1.54) is 6.07 Å². The van der Waals surface area contributed by atoms with Gasteiger partial charge in [0.05, 0.1) is 31.8 Å². The fourth-order valence-corrected chi connectivity index (χ4v) is 5.82. The van der Waals surface area contributed by atoms with Gasteiger partial charge in [-0.2, -0.15) is 0 Å². The molecular formula is C33H32ClFN4O5. The molecule has 2 saturated heterocycles. The number of methoxy groups -OCH3 is 1. The monoisotopic (exact) mass is 618 g/mol. The lowest BCUT2D eigenvalue weighted by atomic mass is 9.93. The summed E-state index contributed by atoms with van der Waals surface area (Å²) in [5.41, 5.74) is 3.51. The number of pyridine rings is 1. The molecule has 2 fully saturated rings. The van der Waals surface area contributed by atoms with Crippen LogP contribution in [-0.2, 0) is 29.2 Å². The number of fused-ring (bicyclic) bond motifs is 1. The average Bonchev–Trinajstić information content (AvgIpc) is 3.34. The first-order chi connectivity index (χ1) is 21.4. The van der Waals surface area contributed by atoms with Crippen molar-refractivity contribution in [2.45, 2.75) is 51.0 Å². The third kappa shape index (κ3) is 6.81. The Hall–Kier alpha value is -4.17. The topological polar surface area (TPSA) is 98.9 Å². The predicted octanol–water partition coefficient (Wildman–Crippen LogP) is 5.42. The summed E-state index contributed by atoms with van der Waals surface area (Å²) in [6.07, 6.45) is 2.93. The van der Waals surface area contributed by atoms with E-state index in [-0.39, 0.29) is 18.6 Å². The van der Waals surface area contributed by atoms with E-state index in [0.717, 1.165) is 61.5 Å². The minimum Gasteiger partial charge on any atom is -0.494 e. The molecule has 2 aliphatic heterocycles. The maximum absolute atomic E-state index is 14.2. The lowest BCUT2D eigenvalue weighted by Gasteiger charge is -2.32. The number of imidazole rings is 1. The van der Waals surface area contributed by atoms with Crippen molar-refractivity contribution in [1.29, 1.82) is 0 Å². The highest BCUT2D eigenvalue weighted by Crippen LogP contribution is 2.32. The molecule has 228 valence electrons. The van der Waals surface area contributed by atoms with Gasteiger partial charge in [-0.3, -0.25) is 4.90 Å². The van der Waals surface area contributed by atoms with Gasteiger partial charge in [-0.1, -0.05) is 29.7 Å². The summed E-state index contributed by atoms with van der Waals surface area (Å²) in [5, 5.41) is 9.38. The van der Waals surface area contributed by atoms with Crippen molar-refractivity contribution in [3.8, 4) is 23.5 Å². The van der Waals surface area contributed by atoms with E-state index in [1.54, 1.807) is 31.4 Å². The first-order valence-corrected chi connectivity index (χ1v) is 14.9. The normalized spacial score (nSPS) is 17.1. The molecule has 0 unspecified atom stereocenters. The number of carbonyl (C=O) groups is 1. The Labute approximate surface area is 259 Å². The largest absolute Gasteiger partial charge is 0.494 e. The van der Waals surface area contributed by atoms with Crippen LogP contribution in [0, 0.1) is 17.7 Å². The zero-order chi connectivity index (χ0) is 30.6. The van der Waals surface area contributed by atoms with Crippen LogP contribution in [0.15, 0.2) is 48.5 Å². The van der Waals surface area contributed by atoms with Crippen LogP contribution in [0.3, 0.4) is 0 Å². The van der Waals surface area contributed by atoms with Gasteiger partial charge in [0.15, 0.2) is 0 Å². The summed E-state index contributed by atoms with van der Waals surface area (Å²) in [6.45, 7) is 3.85. The molecule has 2 aromatic heterocycles. The molecule has 2 aromatic carbocycles. The number of piperidine rings is 1. The fraction of sp³-hybridized carbons (Fsp3) is 0.364. The Morgan fingerprint density at radius 2 is 1.98 bits per heavy atom. The number of benzene rings is 2. The molecule has 0 amide bonds. The predicted molar refractivity (Wildman–Crippen MR) is 162 cm³/mol. The van der Waals surface area contributed by atoms with E-state index in [0.29, 0.717) is 40.9 Å². The number of aromatic nitrogens is 3. The lowest BCUT2D eigenvalue weighted by molar-refractivity contribution is -0.130. The van der Waals surface area contributed by atoms with Crippen LogP contribution in [0.25, 0.3) is 11.0 Å². The third-order valence-electron chi connectivity index (χ3n) is 8.12. The number of carboxylic acids is 1. The van der Waals surface area contributed by atoms with E-state index in [9.17, 15) is 9.18 Å². The highest BCUT2D eigenvalue weighted by Gasteiger charge is 2.27. The molecule has 4 heterocycles. The standard InChI is InChI=1S/C33H32ClFN4O5/c1-42-29-16-21(5-8-32(40)41)15-28-33(29)37-30(39(28)18-25-11-14-43-25)19-38-12-9-22(10-13-38)27-3-2-4-31(36-27)44-20-23-6-7-24(34)17-26(23)35/h2-4,6-7,15-17,22,25H,9-14,18-20H2,1H3,(H,40,41)/t25-/m0/s1. The second-order valence-electron chi connectivity index (χ2n) is 11.0. The second-order valence-corrected chi connectivity index (χ2v) is 11.4. The van der Waals surface area contributed by atoms with Crippen molar-refractivity contribution >= 4 is 28.6 Å². The first kappa shape index (κ1) is 29.9. The Morgan fingerprint density at radius 3 is 2.68 bits per heavy atom. The van der Waals surface area contributed by atoms with Crippen molar-refractivity contribution in [2.75, 3.05) is 26.8 Å². The number of hydrogen-bond donors (Lipinski definition) is 1. The highest BCUT2D eigenvalue weighted by molar-refractivity contribution is 6.30. The van der Waals surface area contributed by atoms with Crippen LogP contribution in [0.4, 0.5) is 4.39 Å². The Morgan fingerprint density at radius 1 is 1.16 bits per heavy atom. The van der Waals surface area contributed by atoms with Gasteiger partial charge in [-0.05, 0) is 62.7 Å². The van der Waals surface area contributed by atoms with E-state index in [2.05, 4.69) is 21.3 Å². The van der Waals surface area contributed by atoms with Crippen molar-refractivity contribution < 1.29 is 28.5 Å². The molecule has 11 heteroatoms. The summed E-state index contributed by atoms with van der Waals surface area (Å²) < 4.78 is 33.5. The molecule has 6 rings (SSSR count). The van der Waals surface area contributed by atoms with Crippen molar-refractivity contribution in [1.82, 2.24) is 19.4 Å². The maximum atomic E-state index is 14.2. The molecule has 44 heavy (non-hydrogen) atoms. The highest BCUT2D eigenvalue weighted by atomic mass is 35.5. The summed E-state index contributed by atoms with van der Waals surface area (Å²) in [7, 11) is 1.58. The molecule has 0 saturated carbocycles. The SMILES string of the molecule is COc1cc(C#CC(=O)O)cc2c1nc(CN1CCC(c3cccc(OCc4ccc(Cl)cc4F)n3)CC1)n2C[C@@H]1CCO1. The van der Waals surface area contributed by atoms with Crippen LogP contribution in [0.2, 0.25) is 5.02 Å². The van der Waals surface area contributed by atoms with E-state index in [1.807, 2.05) is 18.2 Å². The summed E-state index contributed by atoms with van der Waals surface area (Å²) >= 11 is 5.86. The van der Waals surface area contributed by atoms with Crippen LogP contribution in [-0.4, -0.2) is 63.4 Å². The van der Waals surface area contributed by atoms with Crippen LogP contribution >= 0.6 is 11.6 Å². The Kier molecular flexibility index (Phi) is 8.98. The van der Waals surface area contributed by atoms with Crippen molar-refractivity contribution in [2.24, 2.45) is 0 Å². The number of carboxylic acid groups (broad SMARTS) is 1. The number of likely N-dealkylation sites (tertiary alicyclic amines) is 1. The summed E-state index contributed by atoms with van der Waals surface area (Å²) in [4.78, 5) is 23.1. The zero-order valence-corrected chi connectivity index (χ0v) is 25.0. The molecule has 0 aliphatic carbocycles. The maximum Gasteiger partial charge on any atom is 0.382 e. The molecule has 0 radical (unpaired) electrons. The number of hydrogen-bond acceptors (Lipinski definition) is 7. The third-order valence-corrected chi connectivity index (χ3v) is 8.35. The van der Waals surface area contributed by atoms with Gasteiger partial charge in [0.25, 0.3) is 0 Å². The summed E-state index contributed by atoms with van der Waals surface area (Å²) in [6, 6.07) is 13.9. The van der Waals surface area contributed by atoms with Gasteiger partial charge in [-0.25, -0.2) is 19.2 Å². The van der Waals surface area contributed by atoms with Gasteiger partial charge < -0.3 is 23.9 Å². The van der Waals surface area contributed by atoms with Gasteiger partial charge in [0.1, 0.15) is 29.5 Å². The van der Waals surface area contributed by atoms with Gasteiger partial charge in [0, 0.05) is 46.4 Å². The number of halogens is 2. The molecule has 4 aromatic rings. The number of ether oxygens (including phenoxy) is 3. The number of nitrogens with zero attached hydrogens (tertiary/aromatic N) is 4. The smallest absolute Gasteiger partial charge is 0.382 e. The first-order valence-electron chi connectivity index (χ1n) is 14.6. The van der Waals surface area contributed by atoms with Crippen LogP contribution < -0.4 is 9.47 Å². The second kappa shape index (κ2) is 13.2. The van der Waals surface area contributed by atoms with Crippen LogP contribution in [0.5, 0.6) is 11.6 Å². The zero-order valence-electron chi connectivity index (χ0n) is 24.3. The quantitative estimate of drug-likeness (QED) is 0.249. The molecule has 9 nitrogen and oxygen atoms in total. The lowest BCUT2D eigenvalue weighted by Crippen LogP contribution is -2.35. The summed E-state index contributed by atoms with van der Waals surface area (Å²) in [5.74, 6) is 5.50. The molecule has 1 N–H and O–H groups in total. The van der Waals surface area contributed by atoms with E-state index < -0.39 is 11.8 Å². The Balaban J connectivity index is 1.15. The molecule has 0 bridgehead atoms. The molecular weight excluding hydrogens is 587 g/mol. The van der Waals surface area contributed by atoms with Gasteiger partial charge in [-0.15, -0.1) is 0 Å². The minimum absolute atomic E-state index is 0.0726. The number of aliphatic carboxylic acids is 1. The van der Waals surface area contributed by atoms with Gasteiger partial charge in [0.2, 0.25) is 5.88 Å². The molecule has 0 spiro atoms. The van der Waals surface area contributed by atoms with Gasteiger partial charge >= 0.3 is 5.97 Å². The fourth-order valence-electron chi connectivity index (χ4n) is 5.67. The Bertz CT molecular complexity index is 1740. The molecule has 2 aliphatic rings. The van der Waals surface area contributed by atoms with E-state index >= 15 is 0 Å². The van der Waals surface area contributed by atoms with E-state index in [4.69, 9.17) is 40.9 Å².